The Morgan fingerprint density at radius 2 is 1.84 bits per heavy atom. The van der Waals surface area contributed by atoms with E-state index in [-0.39, 0.29) is 37.0 Å². The lowest BCUT2D eigenvalue weighted by atomic mass is 9.99. The summed E-state index contributed by atoms with van der Waals surface area (Å²) in [5, 5.41) is 2.78. The predicted octanol–water partition coefficient (Wildman–Crippen LogP) is 3.57. The van der Waals surface area contributed by atoms with Gasteiger partial charge in [-0.25, -0.2) is 0 Å². The van der Waals surface area contributed by atoms with E-state index in [4.69, 9.17) is 4.74 Å². The largest absolute Gasteiger partial charge is 0.456 e. The Bertz CT molecular complexity index is 1030. The van der Waals surface area contributed by atoms with Crippen molar-refractivity contribution >= 4 is 34.9 Å². The summed E-state index contributed by atoms with van der Waals surface area (Å²) in [6.07, 6.45) is 0.0447. The Balaban J connectivity index is 1.59. The molecule has 0 saturated carbocycles. The molecule has 2 aromatic carbocycles. The van der Waals surface area contributed by atoms with E-state index >= 15 is 0 Å². The zero-order valence-corrected chi connectivity index (χ0v) is 17.9. The molecule has 7 heteroatoms. The maximum Gasteiger partial charge on any atom is 0.306 e. The number of para-hydroxylation sites is 2. The van der Waals surface area contributed by atoms with Crippen molar-refractivity contribution in [2.75, 3.05) is 16.8 Å². The second kappa shape index (κ2) is 9.55. The third-order valence-electron chi connectivity index (χ3n) is 5.23. The van der Waals surface area contributed by atoms with Crippen molar-refractivity contribution in [3.05, 3.63) is 59.2 Å². The van der Waals surface area contributed by atoms with E-state index in [0.717, 1.165) is 11.1 Å². The predicted molar refractivity (Wildman–Crippen MR) is 117 cm³/mol. The summed E-state index contributed by atoms with van der Waals surface area (Å²) in [6.45, 7) is 5.07. The SMILES string of the molecule is Cc1ccc(C)c(C(=O)CCC(=O)OCC(=O)N2c3ccccc3NC(=O)C[C@@H]2C)c1. The second-order valence-electron chi connectivity index (χ2n) is 7.78. The van der Waals surface area contributed by atoms with Crippen LogP contribution >= 0.6 is 0 Å². The van der Waals surface area contributed by atoms with Crippen LogP contribution < -0.4 is 10.2 Å². The molecule has 1 N–H and O–H groups in total. The molecule has 0 aromatic heterocycles. The van der Waals surface area contributed by atoms with Gasteiger partial charge < -0.3 is 15.0 Å². The van der Waals surface area contributed by atoms with Crippen LogP contribution in [0.15, 0.2) is 42.5 Å². The number of rotatable bonds is 6. The van der Waals surface area contributed by atoms with Crippen LogP contribution in [0.4, 0.5) is 11.4 Å². The summed E-state index contributed by atoms with van der Waals surface area (Å²) in [5.41, 5.74) is 3.52. The van der Waals surface area contributed by atoms with Crippen molar-refractivity contribution in [1.82, 2.24) is 0 Å². The van der Waals surface area contributed by atoms with Gasteiger partial charge in [0.15, 0.2) is 12.4 Å². The minimum atomic E-state index is -0.614. The third kappa shape index (κ3) is 5.36. The first kappa shape index (κ1) is 22.2. The van der Waals surface area contributed by atoms with Crippen molar-refractivity contribution in [2.45, 2.75) is 46.1 Å². The number of hydrogen-bond donors (Lipinski definition) is 1. The molecule has 2 amide bonds. The normalized spacial score (nSPS) is 15.5. The van der Waals surface area contributed by atoms with Gasteiger partial charge in [-0.05, 0) is 44.5 Å². The summed E-state index contributed by atoms with van der Waals surface area (Å²) in [5.74, 6) is -1.36. The third-order valence-corrected chi connectivity index (χ3v) is 5.23. The minimum Gasteiger partial charge on any atom is -0.456 e. The fraction of sp³-hybridized carbons (Fsp3) is 0.333. The summed E-state index contributed by atoms with van der Waals surface area (Å²) in [4.78, 5) is 50.9. The highest BCUT2D eigenvalue weighted by Crippen LogP contribution is 2.31. The molecule has 0 spiro atoms. The van der Waals surface area contributed by atoms with Gasteiger partial charge in [0.1, 0.15) is 0 Å². The Hall–Kier alpha value is -3.48. The maximum atomic E-state index is 12.8. The molecule has 0 radical (unpaired) electrons. The highest BCUT2D eigenvalue weighted by atomic mass is 16.5. The van der Waals surface area contributed by atoms with Crippen LogP contribution in [-0.4, -0.2) is 36.2 Å². The Labute approximate surface area is 181 Å². The lowest BCUT2D eigenvalue weighted by molar-refractivity contribution is -0.147. The number of carbonyl (C=O) groups is 4. The molecule has 0 bridgehead atoms. The van der Waals surface area contributed by atoms with E-state index in [1.807, 2.05) is 26.0 Å². The van der Waals surface area contributed by atoms with Crippen LogP contribution in [0.1, 0.15) is 47.7 Å². The molecule has 1 aliphatic rings. The van der Waals surface area contributed by atoms with Crippen molar-refractivity contribution in [3.63, 3.8) is 0 Å². The number of amides is 2. The first-order chi connectivity index (χ1) is 14.8. The molecule has 0 saturated heterocycles. The molecular weight excluding hydrogens is 396 g/mol. The number of Topliss-reactive ketones (excluding diaryl/α,β-unsaturated/α-hetero) is 1. The van der Waals surface area contributed by atoms with Crippen LogP contribution in [0.25, 0.3) is 0 Å². The number of fused-ring (bicyclic) bond motifs is 1. The van der Waals surface area contributed by atoms with E-state index in [9.17, 15) is 19.2 Å². The topological polar surface area (TPSA) is 92.8 Å². The fourth-order valence-corrected chi connectivity index (χ4v) is 3.64. The average molecular weight is 422 g/mol. The van der Waals surface area contributed by atoms with Gasteiger partial charge in [0.25, 0.3) is 5.91 Å². The molecule has 1 heterocycles. The number of ether oxygens (including phenoxy) is 1. The zero-order chi connectivity index (χ0) is 22.5. The molecule has 0 aliphatic carbocycles. The molecule has 1 atom stereocenters. The zero-order valence-electron chi connectivity index (χ0n) is 17.9. The first-order valence-electron chi connectivity index (χ1n) is 10.2. The lowest BCUT2D eigenvalue weighted by Gasteiger charge is -2.27. The van der Waals surface area contributed by atoms with E-state index in [1.54, 1.807) is 37.3 Å². The number of anilines is 2. The average Bonchev–Trinajstić information content (AvgIpc) is 2.86. The van der Waals surface area contributed by atoms with Gasteiger partial charge in [0.05, 0.1) is 17.8 Å². The molecular formula is C24H26N2O5. The molecule has 162 valence electrons. The monoisotopic (exact) mass is 422 g/mol. The van der Waals surface area contributed by atoms with E-state index < -0.39 is 18.5 Å². The fourth-order valence-electron chi connectivity index (χ4n) is 3.64. The molecule has 7 nitrogen and oxygen atoms in total. The Morgan fingerprint density at radius 3 is 2.61 bits per heavy atom. The summed E-state index contributed by atoms with van der Waals surface area (Å²) in [7, 11) is 0. The first-order valence-corrected chi connectivity index (χ1v) is 10.2. The van der Waals surface area contributed by atoms with E-state index in [1.165, 1.54) is 4.90 Å². The van der Waals surface area contributed by atoms with Crippen LogP contribution in [0.3, 0.4) is 0 Å². The molecule has 2 aromatic rings. The lowest BCUT2D eigenvalue weighted by Crippen LogP contribution is -2.41. The van der Waals surface area contributed by atoms with Gasteiger partial charge in [-0.3, -0.25) is 19.2 Å². The van der Waals surface area contributed by atoms with Gasteiger partial charge in [-0.2, -0.15) is 0 Å². The standard InChI is InChI=1S/C24H26N2O5/c1-15-8-9-16(2)18(12-15)21(27)10-11-24(30)31-14-23(29)26-17(3)13-22(28)25-19-6-4-5-7-20(19)26/h4-9,12,17H,10-11,13-14H2,1-3H3,(H,25,28)/t17-/m0/s1. The molecule has 0 fully saturated rings. The van der Waals surface area contributed by atoms with Crippen LogP contribution in [0, 0.1) is 13.8 Å². The molecule has 3 rings (SSSR count). The number of nitrogens with zero attached hydrogens (tertiary/aromatic N) is 1. The molecule has 1 aliphatic heterocycles. The van der Waals surface area contributed by atoms with Gasteiger partial charge >= 0.3 is 5.97 Å². The number of nitrogens with one attached hydrogen (secondary N) is 1. The number of ketones is 1. The number of hydrogen-bond acceptors (Lipinski definition) is 5. The van der Waals surface area contributed by atoms with Crippen LogP contribution in [0.2, 0.25) is 0 Å². The highest BCUT2D eigenvalue weighted by Gasteiger charge is 2.30. The summed E-state index contributed by atoms with van der Waals surface area (Å²) in [6, 6.07) is 12.2. The van der Waals surface area contributed by atoms with Crippen LogP contribution in [0.5, 0.6) is 0 Å². The molecule has 0 unspecified atom stereocenters. The number of aryl methyl sites for hydroxylation is 2. The second-order valence-corrected chi connectivity index (χ2v) is 7.78. The number of carbonyl (C=O) groups excluding carboxylic acids is 4. The highest BCUT2D eigenvalue weighted by molar-refractivity contribution is 6.05. The van der Waals surface area contributed by atoms with Gasteiger partial charge in [0, 0.05) is 24.4 Å². The van der Waals surface area contributed by atoms with Crippen molar-refractivity contribution in [1.29, 1.82) is 0 Å². The summed E-state index contributed by atoms with van der Waals surface area (Å²) >= 11 is 0. The quantitative estimate of drug-likeness (QED) is 0.567. The van der Waals surface area contributed by atoms with Crippen molar-refractivity contribution in [2.24, 2.45) is 0 Å². The van der Waals surface area contributed by atoms with Crippen molar-refractivity contribution < 1.29 is 23.9 Å². The minimum absolute atomic E-state index is 0.0126. The smallest absolute Gasteiger partial charge is 0.306 e. The van der Waals surface area contributed by atoms with Gasteiger partial charge in [-0.15, -0.1) is 0 Å². The molecule has 31 heavy (non-hydrogen) atoms. The number of esters is 1. The van der Waals surface area contributed by atoms with E-state index in [2.05, 4.69) is 5.32 Å². The Kier molecular flexibility index (Phi) is 6.84. The Morgan fingerprint density at radius 1 is 1.10 bits per heavy atom. The van der Waals surface area contributed by atoms with Gasteiger partial charge in [-0.1, -0.05) is 29.8 Å². The summed E-state index contributed by atoms with van der Waals surface area (Å²) < 4.78 is 5.14. The van der Waals surface area contributed by atoms with Crippen LogP contribution in [-0.2, 0) is 19.1 Å². The number of benzene rings is 2. The van der Waals surface area contributed by atoms with Crippen molar-refractivity contribution in [3.8, 4) is 0 Å². The van der Waals surface area contributed by atoms with E-state index in [0.29, 0.717) is 16.9 Å². The van der Waals surface area contributed by atoms with Gasteiger partial charge in [0.2, 0.25) is 5.91 Å². The maximum absolute atomic E-state index is 12.8.